The van der Waals surface area contributed by atoms with Crippen molar-refractivity contribution in [3.05, 3.63) is 38.2 Å². The average Bonchev–Trinajstić information content (AvgIpc) is 1.81. The van der Waals surface area contributed by atoms with Gasteiger partial charge in [-0.05, 0) is 19.8 Å². The number of allylic oxidation sites excluding steroid dienone is 4. The van der Waals surface area contributed by atoms with Gasteiger partial charge in [-0.2, -0.15) is 0 Å². The van der Waals surface area contributed by atoms with Crippen LogP contribution < -0.4 is 0 Å². The lowest BCUT2D eigenvalue weighted by atomic mass is 10.3. The minimum atomic E-state index is 0.974. The Hall–Kier alpha value is -0.520. The highest BCUT2D eigenvalue weighted by Gasteiger charge is 1.67. The molecule has 0 fully saturated rings. The van der Waals surface area contributed by atoms with Gasteiger partial charge in [0.2, 0.25) is 0 Å². The van der Waals surface area contributed by atoms with Crippen molar-refractivity contribution < 1.29 is 0 Å². The van der Waals surface area contributed by atoms with Gasteiger partial charge in [-0.15, -0.1) is 0 Å². The summed E-state index contributed by atoms with van der Waals surface area (Å²) in [6.07, 6.45) is 9.77. The fourth-order valence-corrected chi connectivity index (χ4v) is 0.371. The third-order valence-electron chi connectivity index (χ3n) is 0.754. The lowest BCUT2D eigenvalue weighted by Gasteiger charge is -1.78. The summed E-state index contributed by atoms with van der Waals surface area (Å²) in [6.45, 7) is 7.23. The fraction of sp³-hybridized carbons (Fsp3) is 0.250. The van der Waals surface area contributed by atoms with E-state index in [0.29, 0.717) is 0 Å². The van der Waals surface area contributed by atoms with Crippen molar-refractivity contribution in [1.82, 2.24) is 0 Å². The third kappa shape index (κ3) is 5.48. The molecule has 0 aliphatic heterocycles. The van der Waals surface area contributed by atoms with Crippen molar-refractivity contribution >= 4 is 0 Å². The highest BCUT2D eigenvalue weighted by atomic mass is 13.7. The van der Waals surface area contributed by atoms with E-state index in [1.807, 2.05) is 12.2 Å². The molecule has 44 valence electrons. The van der Waals surface area contributed by atoms with Crippen molar-refractivity contribution in [1.29, 1.82) is 0 Å². The van der Waals surface area contributed by atoms with E-state index < -0.39 is 0 Å². The predicted octanol–water partition coefficient (Wildman–Crippen LogP) is 2.55. The van der Waals surface area contributed by atoms with Crippen LogP contribution in [0.4, 0.5) is 0 Å². The number of rotatable bonds is 3. The molecule has 2 radical (unpaired) electrons. The van der Waals surface area contributed by atoms with E-state index in [2.05, 4.69) is 19.9 Å². The van der Waals surface area contributed by atoms with Gasteiger partial charge in [0, 0.05) is 0 Å². The van der Waals surface area contributed by atoms with Gasteiger partial charge >= 0.3 is 0 Å². The summed E-state index contributed by atoms with van der Waals surface area (Å²) in [7, 11) is 0. The molecule has 0 rings (SSSR count). The van der Waals surface area contributed by atoms with Crippen LogP contribution in [-0.4, -0.2) is 0 Å². The molecule has 0 heterocycles. The number of unbranched alkanes of at least 4 members (excludes halogenated alkanes) is 1. The molecule has 0 N–H and O–H groups in total. The predicted molar refractivity (Wildman–Crippen MR) is 38.2 cm³/mol. The largest absolute Gasteiger partial charge is 0.0845 e. The summed E-state index contributed by atoms with van der Waals surface area (Å²) < 4.78 is 0. The first-order valence-corrected chi connectivity index (χ1v) is 2.82. The Morgan fingerprint density at radius 2 is 2.00 bits per heavy atom. The van der Waals surface area contributed by atoms with E-state index in [0.717, 1.165) is 12.8 Å². The second-order valence-electron chi connectivity index (χ2n) is 1.50. The molecule has 0 nitrogen and oxygen atoms in total. The maximum atomic E-state index is 3.69. The van der Waals surface area contributed by atoms with Crippen LogP contribution in [0.3, 0.4) is 0 Å². The van der Waals surface area contributed by atoms with Crippen molar-refractivity contribution in [2.75, 3.05) is 0 Å². The van der Waals surface area contributed by atoms with Crippen molar-refractivity contribution in [2.45, 2.75) is 12.8 Å². The SMILES string of the molecule is [CH2]/C=C/C=C/CC[CH2]. The number of hydrogen-bond donors (Lipinski definition) is 0. The zero-order valence-electron chi connectivity index (χ0n) is 5.14. The monoisotopic (exact) mass is 108 g/mol. The molecule has 0 unspecified atom stereocenters. The first kappa shape index (κ1) is 7.48. The van der Waals surface area contributed by atoms with E-state index in [9.17, 15) is 0 Å². The van der Waals surface area contributed by atoms with E-state index in [1.165, 1.54) is 0 Å². The van der Waals surface area contributed by atoms with Crippen LogP contribution in [0.2, 0.25) is 0 Å². The van der Waals surface area contributed by atoms with E-state index in [1.54, 1.807) is 6.08 Å². The summed E-state index contributed by atoms with van der Waals surface area (Å²) in [5.41, 5.74) is 0. The standard InChI is InChI=1S/C8H12/c1-3-5-7-8-6-4-2/h3,5,7-8H,1-2,4,6H2/b5-3+,8-7+. The molecule has 0 bridgehead atoms. The minimum absolute atomic E-state index is 0.974. The molecule has 0 spiro atoms. The first-order valence-electron chi connectivity index (χ1n) is 2.82. The molecule has 0 aliphatic rings. The second kappa shape index (κ2) is 6.48. The maximum absolute atomic E-state index is 3.69. The molecule has 0 aromatic carbocycles. The summed E-state index contributed by atoms with van der Waals surface area (Å²) in [6, 6.07) is 0. The first-order chi connectivity index (χ1) is 3.91. The van der Waals surface area contributed by atoms with Crippen molar-refractivity contribution in [3.8, 4) is 0 Å². The molecule has 0 saturated carbocycles. The summed E-state index contributed by atoms with van der Waals surface area (Å²) in [5.74, 6) is 0. The Morgan fingerprint density at radius 1 is 1.25 bits per heavy atom. The van der Waals surface area contributed by atoms with Crippen LogP contribution in [-0.2, 0) is 0 Å². The topological polar surface area (TPSA) is 0 Å². The molecular weight excluding hydrogens is 96.1 g/mol. The normalized spacial score (nSPS) is 11.8. The van der Waals surface area contributed by atoms with Crippen LogP contribution in [0.5, 0.6) is 0 Å². The van der Waals surface area contributed by atoms with Gasteiger partial charge in [0.15, 0.2) is 0 Å². The van der Waals surface area contributed by atoms with Gasteiger partial charge in [-0.3, -0.25) is 0 Å². The van der Waals surface area contributed by atoms with Crippen LogP contribution in [0.25, 0.3) is 0 Å². The third-order valence-corrected chi connectivity index (χ3v) is 0.754. The van der Waals surface area contributed by atoms with E-state index in [-0.39, 0.29) is 0 Å². The van der Waals surface area contributed by atoms with Gasteiger partial charge in [0.05, 0.1) is 0 Å². The van der Waals surface area contributed by atoms with Gasteiger partial charge in [-0.1, -0.05) is 31.2 Å². The van der Waals surface area contributed by atoms with Crippen LogP contribution in [0, 0.1) is 13.8 Å². The molecule has 0 heteroatoms. The second-order valence-corrected chi connectivity index (χ2v) is 1.50. The molecule has 8 heavy (non-hydrogen) atoms. The Balaban J connectivity index is 3.07. The van der Waals surface area contributed by atoms with Crippen LogP contribution in [0.15, 0.2) is 24.3 Å². The fourth-order valence-electron chi connectivity index (χ4n) is 0.371. The zero-order chi connectivity index (χ0) is 6.24. The molecule has 0 aromatic rings. The van der Waals surface area contributed by atoms with E-state index >= 15 is 0 Å². The lowest BCUT2D eigenvalue weighted by Crippen LogP contribution is -1.58. The molecule has 0 aromatic heterocycles. The molecular formula is C8H12. The maximum Gasteiger partial charge on any atom is -0.0313 e. The Morgan fingerprint density at radius 3 is 2.50 bits per heavy atom. The van der Waals surface area contributed by atoms with Gasteiger partial charge in [-0.25, -0.2) is 0 Å². The van der Waals surface area contributed by atoms with Crippen LogP contribution >= 0.6 is 0 Å². The quantitative estimate of drug-likeness (QED) is 0.487. The molecule has 0 atom stereocenters. The van der Waals surface area contributed by atoms with Gasteiger partial charge < -0.3 is 0 Å². The minimum Gasteiger partial charge on any atom is -0.0845 e. The Bertz CT molecular complexity index is 78.0. The zero-order valence-corrected chi connectivity index (χ0v) is 5.14. The van der Waals surface area contributed by atoms with Gasteiger partial charge in [0.1, 0.15) is 0 Å². The summed E-state index contributed by atoms with van der Waals surface area (Å²) >= 11 is 0. The highest BCUT2D eigenvalue weighted by molar-refractivity contribution is 5.03. The smallest absolute Gasteiger partial charge is 0.0313 e. The number of hydrogen-bond acceptors (Lipinski definition) is 0. The Labute approximate surface area is 51.9 Å². The van der Waals surface area contributed by atoms with E-state index in [4.69, 9.17) is 0 Å². The molecule has 0 amide bonds. The van der Waals surface area contributed by atoms with Crippen LogP contribution in [0.1, 0.15) is 12.8 Å². The summed E-state index contributed by atoms with van der Waals surface area (Å²) in [5, 5.41) is 0. The van der Waals surface area contributed by atoms with Gasteiger partial charge in [0.25, 0.3) is 0 Å². The average molecular weight is 108 g/mol. The molecule has 0 aliphatic carbocycles. The highest BCUT2D eigenvalue weighted by Crippen LogP contribution is 1.87. The summed E-state index contributed by atoms with van der Waals surface area (Å²) in [4.78, 5) is 0. The lowest BCUT2D eigenvalue weighted by molar-refractivity contribution is 1.05. The van der Waals surface area contributed by atoms with Crippen molar-refractivity contribution in [3.63, 3.8) is 0 Å². The van der Waals surface area contributed by atoms with Crippen molar-refractivity contribution in [2.24, 2.45) is 0 Å². The Kier molecular flexibility index (Phi) is 6.06. The molecule has 0 saturated heterocycles.